The SMILES string of the molecule is COc1ccc(C#Cc2nc(C(N)=O)n([C@@H]3O[C@H](CO)[C@@H](O)[C@H]3O)n2)cc1. The van der Waals surface area contributed by atoms with Crippen LogP contribution in [0.25, 0.3) is 0 Å². The van der Waals surface area contributed by atoms with Gasteiger partial charge in [0.25, 0.3) is 5.91 Å². The molecule has 1 amide bonds. The van der Waals surface area contributed by atoms with Crippen LogP contribution in [-0.2, 0) is 4.74 Å². The van der Waals surface area contributed by atoms with Crippen LogP contribution in [0.4, 0.5) is 0 Å². The Labute approximate surface area is 154 Å². The molecule has 1 aromatic carbocycles. The molecule has 0 aliphatic carbocycles. The molecule has 2 heterocycles. The van der Waals surface area contributed by atoms with Crippen LogP contribution >= 0.6 is 0 Å². The number of primary amides is 1. The lowest BCUT2D eigenvalue weighted by Crippen LogP contribution is -2.34. The maximum atomic E-state index is 11.7. The van der Waals surface area contributed by atoms with E-state index in [-0.39, 0.29) is 11.6 Å². The summed E-state index contributed by atoms with van der Waals surface area (Å²) >= 11 is 0. The fourth-order valence-corrected chi connectivity index (χ4v) is 2.61. The second kappa shape index (κ2) is 7.73. The number of nitrogens with two attached hydrogens (primary N) is 1. The molecular formula is C17H18N4O6. The lowest BCUT2D eigenvalue weighted by atomic mass is 10.1. The van der Waals surface area contributed by atoms with Crippen LogP contribution in [0.1, 0.15) is 28.2 Å². The third-order valence-corrected chi connectivity index (χ3v) is 4.02. The van der Waals surface area contributed by atoms with Gasteiger partial charge in [-0.1, -0.05) is 5.92 Å². The van der Waals surface area contributed by atoms with E-state index in [1.165, 1.54) is 0 Å². The standard InChI is InChI=1S/C17H18N4O6/c1-26-10-5-2-9(3-6-10)4-7-12-19-16(15(18)25)21(20-12)17-14(24)13(23)11(8-22)27-17/h2-3,5-6,11,13-14,17,22-24H,8H2,1H3,(H2,18,25)/t11-,13-,14-,17-/m1/s1. The number of aromatic nitrogens is 3. The molecule has 0 saturated carbocycles. The summed E-state index contributed by atoms with van der Waals surface area (Å²) in [5, 5.41) is 33.2. The molecular weight excluding hydrogens is 356 g/mol. The highest BCUT2D eigenvalue weighted by atomic mass is 16.6. The Morgan fingerprint density at radius 3 is 2.56 bits per heavy atom. The van der Waals surface area contributed by atoms with Crippen LogP contribution in [0.15, 0.2) is 24.3 Å². The van der Waals surface area contributed by atoms with Crippen molar-refractivity contribution in [2.75, 3.05) is 13.7 Å². The van der Waals surface area contributed by atoms with E-state index in [4.69, 9.17) is 15.2 Å². The van der Waals surface area contributed by atoms with Crippen molar-refractivity contribution in [1.82, 2.24) is 14.8 Å². The second-order valence-corrected chi connectivity index (χ2v) is 5.78. The normalized spacial score (nSPS) is 24.3. The van der Waals surface area contributed by atoms with Crippen LogP contribution in [-0.4, -0.2) is 68.0 Å². The molecule has 4 atom stereocenters. The van der Waals surface area contributed by atoms with E-state index in [1.807, 2.05) is 0 Å². The van der Waals surface area contributed by atoms with Gasteiger partial charge in [0.1, 0.15) is 24.1 Å². The van der Waals surface area contributed by atoms with Crippen molar-refractivity contribution in [3.63, 3.8) is 0 Å². The lowest BCUT2D eigenvalue weighted by molar-refractivity contribution is -0.0595. The topological polar surface area (TPSA) is 153 Å². The number of nitrogens with zero attached hydrogens (tertiary/aromatic N) is 3. The van der Waals surface area contributed by atoms with Gasteiger partial charge in [-0.3, -0.25) is 4.79 Å². The molecule has 2 aromatic rings. The summed E-state index contributed by atoms with van der Waals surface area (Å²) in [6.07, 6.45) is -5.03. The first kappa shape index (κ1) is 18.8. The first-order valence-electron chi connectivity index (χ1n) is 7.99. The Morgan fingerprint density at radius 2 is 2.00 bits per heavy atom. The fraction of sp³-hybridized carbons (Fsp3) is 0.353. The number of rotatable bonds is 4. The van der Waals surface area contributed by atoms with Crippen LogP contribution < -0.4 is 10.5 Å². The zero-order valence-electron chi connectivity index (χ0n) is 14.3. The first-order chi connectivity index (χ1) is 12.9. The Morgan fingerprint density at radius 1 is 1.30 bits per heavy atom. The number of methoxy groups -OCH3 is 1. The summed E-state index contributed by atoms with van der Waals surface area (Å²) in [5.41, 5.74) is 5.98. The summed E-state index contributed by atoms with van der Waals surface area (Å²) < 4.78 is 11.4. The van der Waals surface area contributed by atoms with E-state index in [2.05, 4.69) is 21.9 Å². The first-order valence-corrected chi connectivity index (χ1v) is 7.99. The predicted molar refractivity (Wildman–Crippen MR) is 90.5 cm³/mol. The molecule has 1 fully saturated rings. The third kappa shape index (κ3) is 3.76. The number of amides is 1. The molecule has 142 valence electrons. The number of ether oxygens (including phenoxy) is 2. The van der Waals surface area contributed by atoms with Crippen LogP contribution in [0.3, 0.4) is 0 Å². The molecule has 10 nitrogen and oxygen atoms in total. The zero-order valence-corrected chi connectivity index (χ0v) is 14.3. The van der Waals surface area contributed by atoms with Crippen LogP contribution in [0.5, 0.6) is 5.75 Å². The van der Waals surface area contributed by atoms with E-state index in [0.29, 0.717) is 11.3 Å². The van der Waals surface area contributed by atoms with Gasteiger partial charge in [-0.2, -0.15) is 4.98 Å². The van der Waals surface area contributed by atoms with Crippen LogP contribution in [0, 0.1) is 11.8 Å². The van der Waals surface area contributed by atoms with E-state index in [9.17, 15) is 20.1 Å². The van der Waals surface area contributed by atoms with Crippen molar-refractivity contribution in [1.29, 1.82) is 0 Å². The average Bonchev–Trinajstić information content (AvgIpc) is 3.22. The smallest absolute Gasteiger partial charge is 0.286 e. The number of benzene rings is 1. The minimum atomic E-state index is -1.43. The van der Waals surface area contributed by atoms with E-state index in [1.54, 1.807) is 31.4 Å². The van der Waals surface area contributed by atoms with Gasteiger partial charge < -0.3 is 30.5 Å². The highest BCUT2D eigenvalue weighted by molar-refractivity contribution is 5.89. The summed E-state index contributed by atoms with van der Waals surface area (Å²) in [4.78, 5) is 15.6. The summed E-state index contributed by atoms with van der Waals surface area (Å²) in [6.45, 7) is -0.514. The van der Waals surface area contributed by atoms with Crippen molar-refractivity contribution in [3.8, 4) is 17.6 Å². The molecule has 0 bridgehead atoms. The number of carbonyl (C=O) groups is 1. The largest absolute Gasteiger partial charge is 0.497 e. The molecule has 10 heteroatoms. The maximum absolute atomic E-state index is 11.7. The molecule has 0 spiro atoms. The summed E-state index contributed by atoms with van der Waals surface area (Å²) in [5.74, 6) is 5.01. The Bertz CT molecular complexity index is 885. The average molecular weight is 374 g/mol. The lowest BCUT2D eigenvalue weighted by Gasteiger charge is -2.15. The molecule has 3 rings (SSSR count). The minimum Gasteiger partial charge on any atom is -0.497 e. The molecule has 1 aliphatic rings. The second-order valence-electron chi connectivity index (χ2n) is 5.78. The number of aliphatic hydroxyl groups is 3. The monoisotopic (exact) mass is 374 g/mol. The molecule has 0 radical (unpaired) electrons. The van der Waals surface area contributed by atoms with E-state index in [0.717, 1.165) is 4.68 Å². The quantitative estimate of drug-likeness (QED) is 0.467. The third-order valence-electron chi connectivity index (χ3n) is 4.02. The van der Waals surface area contributed by atoms with E-state index < -0.39 is 37.1 Å². The predicted octanol–water partition coefficient (Wildman–Crippen LogP) is -1.60. The fourth-order valence-electron chi connectivity index (χ4n) is 2.61. The highest BCUT2D eigenvalue weighted by Gasteiger charge is 2.45. The van der Waals surface area contributed by atoms with Gasteiger partial charge in [0.15, 0.2) is 6.23 Å². The van der Waals surface area contributed by atoms with Gasteiger partial charge in [0.05, 0.1) is 13.7 Å². The van der Waals surface area contributed by atoms with Crippen molar-refractivity contribution in [3.05, 3.63) is 41.5 Å². The maximum Gasteiger partial charge on any atom is 0.286 e. The Kier molecular flexibility index (Phi) is 5.38. The number of carbonyl (C=O) groups excluding carboxylic acids is 1. The Hall–Kier alpha value is -2.97. The molecule has 5 N–H and O–H groups in total. The molecule has 27 heavy (non-hydrogen) atoms. The van der Waals surface area contributed by atoms with Gasteiger partial charge in [-0.15, -0.1) is 5.10 Å². The van der Waals surface area contributed by atoms with Crippen molar-refractivity contribution in [2.24, 2.45) is 5.73 Å². The molecule has 1 aliphatic heterocycles. The van der Waals surface area contributed by atoms with Gasteiger partial charge in [0.2, 0.25) is 11.6 Å². The molecule has 1 saturated heterocycles. The van der Waals surface area contributed by atoms with Crippen molar-refractivity contribution < 1.29 is 29.6 Å². The van der Waals surface area contributed by atoms with Gasteiger partial charge in [0, 0.05) is 5.56 Å². The summed E-state index contributed by atoms with van der Waals surface area (Å²) in [7, 11) is 1.56. The van der Waals surface area contributed by atoms with Gasteiger partial charge in [-0.25, -0.2) is 4.68 Å². The number of hydrogen-bond acceptors (Lipinski definition) is 8. The Balaban J connectivity index is 1.90. The number of aliphatic hydroxyl groups excluding tert-OH is 3. The van der Waals surface area contributed by atoms with Crippen LogP contribution in [0.2, 0.25) is 0 Å². The molecule has 0 unspecified atom stereocenters. The van der Waals surface area contributed by atoms with Gasteiger partial charge >= 0.3 is 0 Å². The zero-order chi connectivity index (χ0) is 19.6. The van der Waals surface area contributed by atoms with E-state index >= 15 is 0 Å². The number of hydrogen-bond donors (Lipinski definition) is 4. The summed E-state index contributed by atoms with van der Waals surface area (Å²) in [6, 6.07) is 6.96. The van der Waals surface area contributed by atoms with Crippen molar-refractivity contribution in [2.45, 2.75) is 24.5 Å². The van der Waals surface area contributed by atoms with Gasteiger partial charge in [-0.05, 0) is 30.2 Å². The minimum absolute atomic E-state index is 0.0163. The highest BCUT2D eigenvalue weighted by Crippen LogP contribution is 2.29. The molecule has 1 aromatic heterocycles. The van der Waals surface area contributed by atoms with Crippen molar-refractivity contribution >= 4 is 5.91 Å².